The monoisotopic (exact) mass is 419 g/mol. The quantitative estimate of drug-likeness (QED) is 0.371. The largest absolute Gasteiger partial charge is 0.241 e. The molecule has 0 saturated carbocycles. The van der Waals surface area contributed by atoms with Crippen LogP contribution < -0.4 is 0 Å². The molecule has 0 aliphatic carbocycles. The van der Waals surface area contributed by atoms with Gasteiger partial charge in [0.25, 0.3) is 0 Å². The molecule has 0 saturated heterocycles. The molecular weight excluding hydrogens is 406 g/mol. The maximum Gasteiger partial charge on any atom is 0.209 e. The molecule has 1 heterocycles. The fourth-order valence-electron chi connectivity index (χ4n) is 2.22. The Morgan fingerprint density at radius 3 is 2.71 bits per heavy atom. The predicted molar refractivity (Wildman–Crippen MR) is 104 cm³/mol. The molecule has 24 heavy (non-hydrogen) atoms. The molecule has 3 rings (SSSR count). The molecule has 0 bridgehead atoms. The zero-order chi connectivity index (χ0) is 16.9. The van der Waals surface area contributed by atoms with Gasteiger partial charge in [0.15, 0.2) is 5.82 Å². The van der Waals surface area contributed by atoms with Gasteiger partial charge in [0.05, 0.1) is 6.54 Å². The number of rotatable bonds is 6. The number of hydrogen-bond donors (Lipinski definition) is 0. The first-order valence-electron chi connectivity index (χ1n) is 7.34. The molecule has 2 aromatic carbocycles. The van der Waals surface area contributed by atoms with E-state index in [1.807, 2.05) is 53.2 Å². The topological polar surface area (TPSA) is 30.7 Å². The summed E-state index contributed by atoms with van der Waals surface area (Å²) in [5.74, 6) is 1.62. The molecule has 0 spiro atoms. The van der Waals surface area contributed by atoms with E-state index >= 15 is 0 Å². The number of nitrogens with zero attached hydrogens (tertiary/aromatic N) is 3. The minimum Gasteiger partial charge on any atom is -0.241 e. The lowest BCUT2D eigenvalue weighted by molar-refractivity contribution is 0.687. The van der Waals surface area contributed by atoms with Gasteiger partial charge < -0.3 is 0 Å². The molecule has 0 amide bonds. The molecule has 3 nitrogen and oxygen atoms in total. The van der Waals surface area contributed by atoms with Crippen LogP contribution >= 0.6 is 39.3 Å². The van der Waals surface area contributed by atoms with Crippen molar-refractivity contribution in [2.24, 2.45) is 0 Å². The first kappa shape index (κ1) is 17.3. The van der Waals surface area contributed by atoms with Crippen LogP contribution in [-0.4, -0.2) is 14.8 Å². The van der Waals surface area contributed by atoms with Gasteiger partial charge in [-0.25, -0.2) is 9.67 Å². The number of hydrogen-bond acceptors (Lipinski definition) is 3. The summed E-state index contributed by atoms with van der Waals surface area (Å²) in [5, 5.41) is 6.08. The second-order valence-corrected chi connectivity index (χ2v) is 7.41. The molecule has 0 radical (unpaired) electrons. The van der Waals surface area contributed by atoms with Crippen molar-refractivity contribution in [3.63, 3.8) is 0 Å². The van der Waals surface area contributed by atoms with Crippen LogP contribution in [0.5, 0.6) is 0 Å². The minimum absolute atomic E-state index is 0.621. The van der Waals surface area contributed by atoms with Crippen molar-refractivity contribution < 1.29 is 0 Å². The highest BCUT2D eigenvalue weighted by Gasteiger charge is 2.12. The fraction of sp³-hybridized carbons (Fsp3) is 0.111. The average Bonchev–Trinajstić information content (AvgIpc) is 2.97. The second kappa shape index (κ2) is 8.01. The van der Waals surface area contributed by atoms with Crippen molar-refractivity contribution in [3.8, 4) is 11.4 Å². The standard InChI is InChI=1S/C18H15BrClN3S/c1-2-10-23-17(14-6-8-15(19)9-7-14)21-18(22-23)24-12-13-4-3-5-16(20)11-13/h2-9,11H,1,10,12H2. The zero-order valence-corrected chi connectivity index (χ0v) is 16.0. The van der Waals surface area contributed by atoms with E-state index in [4.69, 9.17) is 11.6 Å². The summed E-state index contributed by atoms with van der Waals surface area (Å²) in [5.41, 5.74) is 2.18. The van der Waals surface area contributed by atoms with E-state index in [0.717, 1.165) is 37.4 Å². The Morgan fingerprint density at radius 2 is 2.00 bits per heavy atom. The van der Waals surface area contributed by atoms with E-state index in [-0.39, 0.29) is 0 Å². The van der Waals surface area contributed by atoms with Gasteiger partial charge in [-0.1, -0.05) is 69.6 Å². The molecule has 0 N–H and O–H groups in total. The number of thioether (sulfide) groups is 1. The van der Waals surface area contributed by atoms with Gasteiger partial charge in [0.2, 0.25) is 5.16 Å². The Kier molecular flexibility index (Phi) is 5.76. The normalized spacial score (nSPS) is 10.8. The summed E-state index contributed by atoms with van der Waals surface area (Å²) in [6.07, 6.45) is 1.82. The molecule has 6 heteroatoms. The molecule has 122 valence electrons. The molecule has 0 unspecified atom stereocenters. The Labute approximate surface area is 158 Å². The third-order valence-corrected chi connectivity index (χ3v) is 4.99. The maximum absolute atomic E-state index is 6.03. The van der Waals surface area contributed by atoms with Crippen LogP contribution in [0.3, 0.4) is 0 Å². The van der Waals surface area contributed by atoms with Gasteiger partial charge in [-0.3, -0.25) is 0 Å². The molecule has 1 aromatic heterocycles. The van der Waals surface area contributed by atoms with Gasteiger partial charge in [0.1, 0.15) is 0 Å². The van der Waals surface area contributed by atoms with Gasteiger partial charge in [-0.15, -0.1) is 11.7 Å². The molecule has 0 fully saturated rings. The second-order valence-electron chi connectivity index (χ2n) is 5.11. The lowest BCUT2D eigenvalue weighted by Gasteiger charge is -2.02. The lowest BCUT2D eigenvalue weighted by atomic mass is 10.2. The lowest BCUT2D eigenvalue weighted by Crippen LogP contribution is -2.00. The average molecular weight is 421 g/mol. The van der Waals surface area contributed by atoms with Crippen LogP contribution in [0.25, 0.3) is 11.4 Å². The Bertz CT molecular complexity index is 846. The van der Waals surface area contributed by atoms with E-state index in [1.165, 1.54) is 0 Å². The van der Waals surface area contributed by atoms with Gasteiger partial charge in [-0.2, -0.15) is 0 Å². The number of allylic oxidation sites excluding steroid dienone is 1. The van der Waals surface area contributed by atoms with Gasteiger partial charge in [0, 0.05) is 20.8 Å². The maximum atomic E-state index is 6.03. The van der Waals surface area contributed by atoms with Crippen LogP contribution in [0.2, 0.25) is 5.02 Å². The summed E-state index contributed by atoms with van der Waals surface area (Å²) in [6.45, 7) is 4.42. The highest BCUT2D eigenvalue weighted by atomic mass is 79.9. The van der Waals surface area contributed by atoms with Crippen molar-refractivity contribution in [2.45, 2.75) is 17.5 Å². The van der Waals surface area contributed by atoms with Crippen molar-refractivity contribution in [1.82, 2.24) is 14.8 Å². The van der Waals surface area contributed by atoms with Crippen molar-refractivity contribution in [1.29, 1.82) is 0 Å². The van der Waals surface area contributed by atoms with Crippen LogP contribution in [0, 0.1) is 0 Å². The summed E-state index contributed by atoms with van der Waals surface area (Å²) in [7, 11) is 0. The van der Waals surface area contributed by atoms with Crippen molar-refractivity contribution >= 4 is 39.3 Å². The summed E-state index contributed by atoms with van der Waals surface area (Å²) in [6, 6.07) is 15.9. The first-order valence-corrected chi connectivity index (χ1v) is 9.50. The van der Waals surface area contributed by atoms with Crippen LogP contribution in [0.1, 0.15) is 5.56 Å². The Hall–Kier alpha value is -1.56. The van der Waals surface area contributed by atoms with Crippen LogP contribution in [-0.2, 0) is 12.3 Å². The van der Waals surface area contributed by atoms with E-state index in [9.17, 15) is 0 Å². The Balaban J connectivity index is 1.82. The van der Waals surface area contributed by atoms with E-state index in [1.54, 1.807) is 11.8 Å². The van der Waals surface area contributed by atoms with Crippen LogP contribution in [0.15, 0.2) is 70.8 Å². The highest BCUT2D eigenvalue weighted by molar-refractivity contribution is 9.10. The number of halogens is 2. The van der Waals surface area contributed by atoms with E-state index in [2.05, 4.69) is 38.7 Å². The third-order valence-electron chi connectivity index (χ3n) is 3.31. The fourth-order valence-corrected chi connectivity index (χ4v) is 3.48. The molecule has 0 atom stereocenters. The summed E-state index contributed by atoms with van der Waals surface area (Å²) >= 11 is 11.1. The number of benzene rings is 2. The molecular formula is C18H15BrClN3S. The first-order chi connectivity index (χ1) is 11.7. The highest BCUT2D eigenvalue weighted by Crippen LogP contribution is 2.26. The predicted octanol–water partition coefficient (Wildman–Crippen LogP) is 5.84. The SMILES string of the molecule is C=CCn1nc(SCc2cccc(Cl)c2)nc1-c1ccc(Br)cc1. The molecule has 0 aliphatic heterocycles. The molecule has 0 aliphatic rings. The number of aromatic nitrogens is 3. The zero-order valence-electron chi connectivity index (χ0n) is 12.8. The van der Waals surface area contributed by atoms with E-state index < -0.39 is 0 Å². The van der Waals surface area contributed by atoms with Crippen LogP contribution in [0.4, 0.5) is 0 Å². The third kappa shape index (κ3) is 4.29. The van der Waals surface area contributed by atoms with Crippen molar-refractivity contribution in [3.05, 3.63) is 76.2 Å². The minimum atomic E-state index is 0.621. The molecule has 3 aromatic rings. The Morgan fingerprint density at radius 1 is 1.21 bits per heavy atom. The van der Waals surface area contributed by atoms with Crippen molar-refractivity contribution in [2.75, 3.05) is 0 Å². The van der Waals surface area contributed by atoms with Gasteiger partial charge >= 0.3 is 0 Å². The summed E-state index contributed by atoms with van der Waals surface area (Å²) < 4.78 is 2.91. The van der Waals surface area contributed by atoms with E-state index in [0.29, 0.717) is 6.54 Å². The van der Waals surface area contributed by atoms with Gasteiger partial charge in [-0.05, 0) is 29.8 Å². The summed E-state index contributed by atoms with van der Waals surface area (Å²) in [4.78, 5) is 4.68. The smallest absolute Gasteiger partial charge is 0.209 e.